The van der Waals surface area contributed by atoms with Crippen molar-refractivity contribution in [3.05, 3.63) is 70.4 Å². The highest BCUT2D eigenvalue weighted by Crippen LogP contribution is 2.30. The summed E-state index contributed by atoms with van der Waals surface area (Å²) in [6, 6.07) is 13.0. The summed E-state index contributed by atoms with van der Waals surface area (Å²) in [4.78, 5) is 30.3. The summed E-state index contributed by atoms with van der Waals surface area (Å²) >= 11 is 0. The van der Waals surface area contributed by atoms with Crippen molar-refractivity contribution in [2.75, 3.05) is 51.3 Å². The van der Waals surface area contributed by atoms with E-state index >= 15 is 0 Å². The standard InChI is InChI=1S/C27H34N4O4/c1-5-35-26(32)24-22(28-27(33)29-25(24)20-8-10-21(34-4)11-9-20)17-30-12-14-31(15-13-30)23-16-18(2)6-7-19(23)3/h6-11,16,25H,5,12-15,17H2,1-4H3,(H2,28,29,33). The maximum absolute atomic E-state index is 13.0. The number of methoxy groups -OCH3 is 1. The number of aryl methyl sites for hydroxylation is 2. The molecule has 8 heteroatoms. The van der Waals surface area contributed by atoms with Crippen molar-refractivity contribution < 1.29 is 19.1 Å². The van der Waals surface area contributed by atoms with Gasteiger partial charge in [-0.1, -0.05) is 24.3 Å². The second-order valence-electron chi connectivity index (χ2n) is 8.97. The minimum atomic E-state index is -0.597. The van der Waals surface area contributed by atoms with Gasteiger partial charge in [-0.3, -0.25) is 4.90 Å². The predicted octanol–water partition coefficient (Wildman–Crippen LogP) is 3.31. The van der Waals surface area contributed by atoms with Crippen molar-refractivity contribution in [1.82, 2.24) is 15.5 Å². The van der Waals surface area contributed by atoms with E-state index in [1.54, 1.807) is 14.0 Å². The molecule has 2 aliphatic rings. The van der Waals surface area contributed by atoms with Crippen LogP contribution in [-0.4, -0.2) is 63.3 Å². The Balaban J connectivity index is 1.56. The smallest absolute Gasteiger partial charge is 0.338 e. The van der Waals surface area contributed by atoms with E-state index in [1.165, 1.54) is 16.8 Å². The van der Waals surface area contributed by atoms with Gasteiger partial charge in [-0.25, -0.2) is 9.59 Å². The van der Waals surface area contributed by atoms with E-state index in [2.05, 4.69) is 52.5 Å². The second kappa shape index (κ2) is 10.8. The normalized spacial score (nSPS) is 18.7. The van der Waals surface area contributed by atoms with Gasteiger partial charge in [0.2, 0.25) is 0 Å². The SMILES string of the molecule is CCOC(=O)C1=C(CN2CCN(c3cc(C)ccc3C)CC2)NC(=O)NC1c1ccc(OC)cc1. The summed E-state index contributed by atoms with van der Waals surface area (Å²) in [6.45, 7) is 10.2. The molecule has 0 spiro atoms. The van der Waals surface area contributed by atoms with E-state index < -0.39 is 12.0 Å². The molecule has 8 nitrogen and oxygen atoms in total. The topological polar surface area (TPSA) is 83.1 Å². The largest absolute Gasteiger partial charge is 0.497 e. The fraction of sp³-hybridized carbons (Fsp3) is 0.407. The highest BCUT2D eigenvalue weighted by molar-refractivity contribution is 5.95. The van der Waals surface area contributed by atoms with Crippen LogP contribution in [0.1, 0.15) is 29.7 Å². The third-order valence-electron chi connectivity index (χ3n) is 6.56. The Morgan fingerprint density at radius 1 is 1.06 bits per heavy atom. The number of anilines is 1. The third kappa shape index (κ3) is 5.59. The Morgan fingerprint density at radius 3 is 2.43 bits per heavy atom. The van der Waals surface area contributed by atoms with Crippen LogP contribution in [0.4, 0.5) is 10.5 Å². The first-order chi connectivity index (χ1) is 16.9. The Morgan fingerprint density at radius 2 is 1.77 bits per heavy atom. The minimum Gasteiger partial charge on any atom is -0.497 e. The number of esters is 1. The van der Waals surface area contributed by atoms with Crippen molar-refractivity contribution in [2.24, 2.45) is 0 Å². The molecule has 2 N–H and O–H groups in total. The monoisotopic (exact) mass is 478 g/mol. The van der Waals surface area contributed by atoms with Crippen LogP contribution >= 0.6 is 0 Å². The van der Waals surface area contributed by atoms with Crippen LogP contribution in [0.2, 0.25) is 0 Å². The highest BCUT2D eigenvalue weighted by atomic mass is 16.5. The average molecular weight is 479 g/mol. The first-order valence-electron chi connectivity index (χ1n) is 12.1. The molecular formula is C27H34N4O4. The molecule has 35 heavy (non-hydrogen) atoms. The number of rotatable bonds is 7. The average Bonchev–Trinajstić information content (AvgIpc) is 2.86. The molecular weight excluding hydrogens is 444 g/mol. The number of urea groups is 1. The number of benzene rings is 2. The van der Waals surface area contributed by atoms with E-state index in [9.17, 15) is 9.59 Å². The number of nitrogens with one attached hydrogen (secondary N) is 2. The number of hydrogen-bond acceptors (Lipinski definition) is 6. The molecule has 2 aromatic carbocycles. The van der Waals surface area contributed by atoms with Gasteiger partial charge in [0.25, 0.3) is 0 Å². The van der Waals surface area contributed by atoms with Gasteiger partial charge >= 0.3 is 12.0 Å². The van der Waals surface area contributed by atoms with Crippen molar-refractivity contribution in [3.8, 4) is 5.75 Å². The Kier molecular flexibility index (Phi) is 7.60. The number of hydrogen-bond donors (Lipinski definition) is 2. The molecule has 4 rings (SSSR count). The van der Waals surface area contributed by atoms with Crippen molar-refractivity contribution in [1.29, 1.82) is 0 Å². The summed E-state index contributed by atoms with van der Waals surface area (Å²) in [5.74, 6) is 0.280. The van der Waals surface area contributed by atoms with E-state index in [0.29, 0.717) is 23.6 Å². The molecule has 0 saturated carbocycles. The first-order valence-corrected chi connectivity index (χ1v) is 12.1. The Bertz CT molecular complexity index is 1100. The lowest BCUT2D eigenvalue weighted by atomic mass is 9.94. The van der Waals surface area contributed by atoms with Crippen LogP contribution in [0.15, 0.2) is 53.7 Å². The zero-order valence-electron chi connectivity index (χ0n) is 20.9. The molecule has 1 unspecified atom stereocenters. The van der Waals surface area contributed by atoms with Gasteiger partial charge in [0.15, 0.2) is 0 Å². The molecule has 2 amide bonds. The van der Waals surface area contributed by atoms with E-state index in [1.807, 2.05) is 24.3 Å². The lowest BCUT2D eigenvalue weighted by Gasteiger charge is -2.38. The number of ether oxygens (including phenoxy) is 2. The zero-order valence-corrected chi connectivity index (χ0v) is 20.9. The highest BCUT2D eigenvalue weighted by Gasteiger charge is 2.34. The Hall–Kier alpha value is -3.52. The molecule has 1 saturated heterocycles. The van der Waals surface area contributed by atoms with Crippen molar-refractivity contribution in [3.63, 3.8) is 0 Å². The summed E-state index contributed by atoms with van der Waals surface area (Å²) in [5, 5.41) is 5.77. The number of amides is 2. The lowest BCUT2D eigenvalue weighted by molar-refractivity contribution is -0.139. The fourth-order valence-corrected chi connectivity index (χ4v) is 4.67. The second-order valence-corrected chi connectivity index (χ2v) is 8.97. The Labute approximate surface area is 206 Å². The van der Waals surface area contributed by atoms with Gasteiger partial charge in [-0.15, -0.1) is 0 Å². The van der Waals surface area contributed by atoms with Crippen molar-refractivity contribution in [2.45, 2.75) is 26.8 Å². The van der Waals surface area contributed by atoms with Gasteiger partial charge in [0.05, 0.1) is 25.3 Å². The summed E-state index contributed by atoms with van der Waals surface area (Å²) in [7, 11) is 1.60. The van der Waals surface area contributed by atoms with Crippen LogP contribution in [0.25, 0.3) is 0 Å². The minimum absolute atomic E-state index is 0.257. The molecule has 1 atom stereocenters. The molecule has 2 aromatic rings. The number of piperazine rings is 1. The summed E-state index contributed by atoms with van der Waals surface area (Å²) in [6.07, 6.45) is 0. The van der Waals surface area contributed by atoms with Crippen molar-refractivity contribution >= 4 is 17.7 Å². The molecule has 0 radical (unpaired) electrons. The van der Waals surface area contributed by atoms with E-state index in [-0.39, 0.29) is 12.6 Å². The number of carbonyl (C=O) groups excluding carboxylic acids is 2. The molecule has 2 heterocycles. The quantitative estimate of drug-likeness (QED) is 0.594. The molecule has 0 aliphatic carbocycles. The third-order valence-corrected chi connectivity index (χ3v) is 6.56. The molecule has 1 fully saturated rings. The first kappa shape index (κ1) is 24.6. The number of carbonyl (C=O) groups is 2. The van der Waals surface area contributed by atoms with Crippen LogP contribution in [-0.2, 0) is 9.53 Å². The summed E-state index contributed by atoms with van der Waals surface area (Å²) < 4.78 is 10.6. The summed E-state index contributed by atoms with van der Waals surface area (Å²) in [5.41, 5.74) is 5.61. The van der Waals surface area contributed by atoms with Gasteiger partial charge in [-0.2, -0.15) is 0 Å². The molecule has 0 aromatic heterocycles. The van der Waals surface area contributed by atoms with E-state index in [4.69, 9.17) is 9.47 Å². The fourth-order valence-electron chi connectivity index (χ4n) is 4.67. The molecule has 186 valence electrons. The molecule has 2 aliphatic heterocycles. The predicted molar refractivity (Wildman–Crippen MR) is 136 cm³/mol. The van der Waals surface area contributed by atoms with Crippen LogP contribution in [0, 0.1) is 13.8 Å². The number of nitrogens with zero attached hydrogens (tertiary/aromatic N) is 2. The zero-order chi connectivity index (χ0) is 24.9. The van der Waals surface area contributed by atoms with Crippen LogP contribution < -0.4 is 20.3 Å². The van der Waals surface area contributed by atoms with Crippen LogP contribution in [0.5, 0.6) is 5.75 Å². The van der Waals surface area contributed by atoms with Gasteiger partial charge in [0, 0.05) is 44.1 Å². The molecule has 0 bridgehead atoms. The maximum Gasteiger partial charge on any atom is 0.338 e. The van der Waals surface area contributed by atoms with Crippen LogP contribution in [0.3, 0.4) is 0 Å². The van der Waals surface area contributed by atoms with Gasteiger partial charge in [-0.05, 0) is 55.7 Å². The maximum atomic E-state index is 13.0. The van der Waals surface area contributed by atoms with Gasteiger partial charge in [0.1, 0.15) is 5.75 Å². The lowest BCUT2D eigenvalue weighted by Crippen LogP contribution is -2.52. The van der Waals surface area contributed by atoms with Gasteiger partial charge < -0.3 is 25.0 Å². The van der Waals surface area contributed by atoms with E-state index in [0.717, 1.165) is 31.7 Å².